The second-order valence-corrected chi connectivity index (χ2v) is 4.18. The monoisotopic (exact) mass is 226 g/mol. The van der Waals surface area contributed by atoms with Crippen molar-refractivity contribution in [3.05, 3.63) is 11.9 Å². The Balaban J connectivity index is 2.22. The third-order valence-electron chi connectivity index (χ3n) is 1.87. The largest absolute Gasteiger partial charge is 0.480 e. The lowest BCUT2D eigenvalue weighted by molar-refractivity contribution is -0.137. The van der Waals surface area contributed by atoms with E-state index in [-0.39, 0.29) is 0 Å². The number of anilines is 1. The molecule has 80 valence electrons. The number of carboxylic acid groups (broad SMARTS) is 1. The summed E-state index contributed by atoms with van der Waals surface area (Å²) in [6, 6.07) is -0.651. The summed E-state index contributed by atoms with van der Waals surface area (Å²) in [5.41, 5.74) is 0.895. The van der Waals surface area contributed by atoms with E-state index in [9.17, 15) is 4.79 Å². The predicted molar refractivity (Wildman–Crippen MR) is 56.3 cm³/mol. The molecule has 1 unspecified atom stereocenters. The van der Waals surface area contributed by atoms with E-state index in [2.05, 4.69) is 15.4 Å². The number of hydrogen-bond donors (Lipinski definition) is 2. The number of aromatic nitrogens is 3. The quantitative estimate of drug-likeness (QED) is 0.815. The van der Waals surface area contributed by atoms with Crippen LogP contribution in [0.1, 0.15) is 12.6 Å². The standard InChI is InChI=1S/C8H10N4O2S/c1-4-3-12-8(9-4)15-7(11-12)10-5(2)6(13)14/h3,5H,1-2H3,(H,10,11)(H,13,14). The number of rotatable bonds is 3. The topological polar surface area (TPSA) is 79.5 Å². The van der Waals surface area contributed by atoms with Crippen LogP contribution < -0.4 is 5.32 Å². The molecule has 0 aliphatic rings. The summed E-state index contributed by atoms with van der Waals surface area (Å²) in [4.78, 5) is 15.6. The molecule has 0 aliphatic carbocycles. The number of hydrogen-bond acceptors (Lipinski definition) is 5. The maximum atomic E-state index is 10.6. The highest BCUT2D eigenvalue weighted by Crippen LogP contribution is 2.19. The summed E-state index contributed by atoms with van der Waals surface area (Å²) in [6.45, 7) is 3.45. The van der Waals surface area contributed by atoms with Gasteiger partial charge < -0.3 is 10.4 Å². The van der Waals surface area contributed by atoms with Gasteiger partial charge in [-0.2, -0.15) is 0 Å². The second kappa shape index (κ2) is 3.50. The Kier molecular flexibility index (Phi) is 2.31. The molecule has 15 heavy (non-hydrogen) atoms. The van der Waals surface area contributed by atoms with Crippen molar-refractivity contribution < 1.29 is 9.90 Å². The summed E-state index contributed by atoms with van der Waals surface area (Å²) < 4.78 is 1.64. The molecule has 0 aliphatic heterocycles. The fraction of sp³-hybridized carbons (Fsp3) is 0.375. The van der Waals surface area contributed by atoms with Crippen LogP contribution in [0, 0.1) is 6.92 Å². The minimum absolute atomic E-state index is 0.562. The lowest BCUT2D eigenvalue weighted by Crippen LogP contribution is -2.25. The first-order chi connectivity index (χ1) is 7.06. The summed E-state index contributed by atoms with van der Waals surface area (Å²) in [5, 5.41) is 16.2. The van der Waals surface area contributed by atoms with Gasteiger partial charge >= 0.3 is 5.97 Å². The van der Waals surface area contributed by atoms with Crippen molar-refractivity contribution >= 4 is 27.4 Å². The van der Waals surface area contributed by atoms with Crippen LogP contribution in [0.3, 0.4) is 0 Å². The van der Waals surface area contributed by atoms with E-state index in [4.69, 9.17) is 5.11 Å². The normalized spacial score (nSPS) is 12.9. The zero-order valence-electron chi connectivity index (χ0n) is 8.26. The molecular formula is C8H10N4O2S. The molecule has 0 spiro atoms. The number of aliphatic carboxylic acids is 1. The van der Waals surface area contributed by atoms with Crippen molar-refractivity contribution in [2.75, 3.05) is 5.32 Å². The van der Waals surface area contributed by atoms with Crippen LogP contribution in [0.4, 0.5) is 5.13 Å². The molecule has 2 N–H and O–H groups in total. The summed E-state index contributed by atoms with van der Waals surface area (Å²) in [7, 11) is 0. The Morgan fingerprint density at radius 2 is 2.47 bits per heavy atom. The molecule has 7 heteroatoms. The van der Waals surface area contributed by atoms with Crippen molar-refractivity contribution in [2.45, 2.75) is 19.9 Å². The van der Waals surface area contributed by atoms with Crippen LogP contribution in [0.2, 0.25) is 0 Å². The van der Waals surface area contributed by atoms with Crippen LogP contribution in [-0.2, 0) is 4.79 Å². The number of aryl methyl sites for hydroxylation is 1. The molecule has 0 aromatic carbocycles. The zero-order chi connectivity index (χ0) is 11.0. The molecule has 0 radical (unpaired) electrons. The molecule has 0 fully saturated rings. The maximum absolute atomic E-state index is 10.6. The smallest absolute Gasteiger partial charge is 0.325 e. The Labute approximate surface area is 89.6 Å². The van der Waals surface area contributed by atoms with Gasteiger partial charge in [-0.3, -0.25) is 4.79 Å². The molecule has 0 saturated heterocycles. The molecule has 0 amide bonds. The van der Waals surface area contributed by atoms with E-state index in [1.165, 1.54) is 11.3 Å². The van der Waals surface area contributed by atoms with Crippen LogP contribution >= 0.6 is 11.3 Å². The minimum Gasteiger partial charge on any atom is -0.480 e. The van der Waals surface area contributed by atoms with Crippen molar-refractivity contribution in [3.8, 4) is 0 Å². The highest BCUT2D eigenvalue weighted by molar-refractivity contribution is 7.20. The third kappa shape index (κ3) is 1.91. The Morgan fingerprint density at radius 1 is 1.73 bits per heavy atom. The first-order valence-corrected chi connectivity index (χ1v) is 5.20. The summed E-state index contributed by atoms with van der Waals surface area (Å²) in [5.74, 6) is -0.904. The zero-order valence-corrected chi connectivity index (χ0v) is 9.08. The predicted octanol–water partition coefficient (Wildman–Crippen LogP) is 0.984. The van der Waals surface area contributed by atoms with Gasteiger partial charge in [-0.25, -0.2) is 9.50 Å². The van der Waals surface area contributed by atoms with E-state index in [1.807, 2.05) is 6.92 Å². The fourth-order valence-corrected chi connectivity index (χ4v) is 2.03. The number of nitrogens with one attached hydrogen (secondary N) is 1. The van der Waals surface area contributed by atoms with Gasteiger partial charge in [0, 0.05) is 0 Å². The molecule has 6 nitrogen and oxygen atoms in total. The van der Waals surface area contributed by atoms with E-state index in [1.54, 1.807) is 17.6 Å². The van der Waals surface area contributed by atoms with Crippen LogP contribution in [-0.4, -0.2) is 31.7 Å². The van der Waals surface area contributed by atoms with E-state index < -0.39 is 12.0 Å². The highest BCUT2D eigenvalue weighted by atomic mass is 32.1. The number of imidazole rings is 1. The Hall–Kier alpha value is -1.63. The first-order valence-electron chi connectivity index (χ1n) is 4.38. The summed E-state index contributed by atoms with van der Waals surface area (Å²) in [6.07, 6.45) is 1.79. The SMILES string of the molecule is Cc1cn2nc(NC(C)C(=O)O)sc2n1. The van der Waals surface area contributed by atoms with Gasteiger partial charge in [0.15, 0.2) is 0 Å². The van der Waals surface area contributed by atoms with Gasteiger partial charge in [-0.1, -0.05) is 11.3 Å². The minimum atomic E-state index is -0.904. The number of carbonyl (C=O) groups is 1. The summed E-state index contributed by atoms with van der Waals surface area (Å²) >= 11 is 1.33. The Morgan fingerprint density at radius 3 is 3.07 bits per heavy atom. The molecule has 1 atom stereocenters. The molecule has 2 aromatic rings. The van der Waals surface area contributed by atoms with Crippen LogP contribution in [0.5, 0.6) is 0 Å². The average molecular weight is 226 g/mol. The second-order valence-electron chi connectivity index (χ2n) is 3.22. The molecule has 2 rings (SSSR count). The third-order valence-corrected chi connectivity index (χ3v) is 2.73. The fourth-order valence-electron chi connectivity index (χ4n) is 1.11. The van der Waals surface area contributed by atoms with E-state index in [0.29, 0.717) is 5.13 Å². The van der Waals surface area contributed by atoms with E-state index in [0.717, 1.165) is 10.7 Å². The van der Waals surface area contributed by atoms with Gasteiger partial charge in [-0.05, 0) is 13.8 Å². The lowest BCUT2D eigenvalue weighted by atomic mass is 10.4. The molecule has 0 saturated carbocycles. The first kappa shape index (κ1) is 9.91. The molecule has 2 heterocycles. The van der Waals surface area contributed by atoms with Gasteiger partial charge in [0.2, 0.25) is 10.1 Å². The average Bonchev–Trinajstić information content (AvgIpc) is 2.60. The molecular weight excluding hydrogens is 216 g/mol. The highest BCUT2D eigenvalue weighted by Gasteiger charge is 2.13. The van der Waals surface area contributed by atoms with E-state index >= 15 is 0 Å². The van der Waals surface area contributed by atoms with Gasteiger partial charge in [-0.15, -0.1) is 5.10 Å². The van der Waals surface area contributed by atoms with Crippen molar-refractivity contribution in [1.29, 1.82) is 0 Å². The van der Waals surface area contributed by atoms with Gasteiger partial charge in [0.25, 0.3) is 0 Å². The van der Waals surface area contributed by atoms with Crippen LogP contribution in [0.25, 0.3) is 4.96 Å². The number of nitrogens with zero attached hydrogens (tertiary/aromatic N) is 3. The van der Waals surface area contributed by atoms with Gasteiger partial charge in [0.1, 0.15) is 6.04 Å². The molecule has 2 aromatic heterocycles. The van der Waals surface area contributed by atoms with Gasteiger partial charge in [0.05, 0.1) is 11.9 Å². The van der Waals surface area contributed by atoms with Crippen molar-refractivity contribution in [1.82, 2.24) is 14.6 Å². The number of fused-ring (bicyclic) bond motifs is 1. The van der Waals surface area contributed by atoms with Crippen LogP contribution in [0.15, 0.2) is 6.20 Å². The lowest BCUT2D eigenvalue weighted by Gasteiger charge is -2.05. The maximum Gasteiger partial charge on any atom is 0.325 e. The van der Waals surface area contributed by atoms with Crippen molar-refractivity contribution in [3.63, 3.8) is 0 Å². The Bertz CT molecular complexity index is 472. The molecule has 0 bridgehead atoms. The van der Waals surface area contributed by atoms with Crippen molar-refractivity contribution in [2.24, 2.45) is 0 Å². The number of carboxylic acids is 1.